The van der Waals surface area contributed by atoms with Crippen LogP contribution in [0.25, 0.3) is 0 Å². The van der Waals surface area contributed by atoms with Gasteiger partial charge in [-0.05, 0) is 75.1 Å². The van der Waals surface area contributed by atoms with Crippen LogP contribution in [0.4, 0.5) is 5.69 Å². The highest BCUT2D eigenvalue weighted by Gasteiger charge is 2.36. The van der Waals surface area contributed by atoms with E-state index in [0.29, 0.717) is 11.3 Å². The monoisotopic (exact) mass is 656 g/mol. The quantitative estimate of drug-likeness (QED) is 0.306. The molecule has 1 atom stereocenters. The number of amides is 2. The van der Waals surface area contributed by atoms with Gasteiger partial charge in [0.25, 0.3) is 0 Å². The molecule has 0 aromatic heterocycles. The number of carbonyl (C=O) groups is 2. The van der Waals surface area contributed by atoms with E-state index in [-0.39, 0.29) is 18.9 Å². The Morgan fingerprint density at radius 1 is 0.905 bits per heavy atom. The van der Waals surface area contributed by atoms with Crippen LogP contribution < -0.4 is 9.62 Å². The van der Waals surface area contributed by atoms with Gasteiger partial charge < -0.3 is 10.2 Å². The van der Waals surface area contributed by atoms with Crippen LogP contribution in [0.1, 0.15) is 43.0 Å². The van der Waals surface area contributed by atoms with Crippen LogP contribution >= 0.6 is 15.9 Å². The van der Waals surface area contributed by atoms with Crippen molar-refractivity contribution in [2.45, 2.75) is 59.2 Å². The molecule has 1 N–H and O–H groups in total. The average molecular weight is 658 g/mol. The maximum Gasteiger partial charge on any atom is 0.304 e. The molecule has 0 fully saturated rings. The summed E-state index contributed by atoms with van der Waals surface area (Å²) in [5, 5.41) is 3.04. The molecule has 3 aromatic rings. The lowest BCUT2D eigenvalue weighted by Crippen LogP contribution is -2.56. The van der Waals surface area contributed by atoms with Gasteiger partial charge in [0.2, 0.25) is 11.8 Å². The van der Waals surface area contributed by atoms with Gasteiger partial charge in [-0.25, -0.2) is 4.31 Å². The summed E-state index contributed by atoms with van der Waals surface area (Å²) >= 11 is 3.50. The number of nitrogens with one attached hydrogen (secondary N) is 1. The lowest BCUT2D eigenvalue weighted by Gasteiger charge is -2.36. The molecular weight excluding hydrogens is 616 g/mol. The summed E-state index contributed by atoms with van der Waals surface area (Å²) in [6, 6.07) is 21.6. The summed E-state index contributed by atoms with van der Waals surface area (Å²) < 4.78 is 30.3. The molecule has 3 aromatic carbocycles. The zero-order chi connectivity index (χ0) is 31.2. The van der Waals surface area contributed by atoms with Crippen molar-refractivity contribution in [2.75, 3.05) is 24.9 Å². The van der Waals surface area contributed by atoms with Gasteiger partial charge in [-0.15, -0.1) is 0 Å². The smallest absolute Gasteiger partial charge is 0.304 e. The SMILES string of the molecule is Cc1ccc(C)c(N(CC(=O)N(Cc2cccc(Br)c2)C(Cc2ccccc2)C(=O)NC(C)(C)C)S(=O)(=O)N(C)C)c1. The van der Waals surface area contributed by atoms with Crippen molar-refractivity contribution < 1.29 is 18.0 Å². The number of hydrogen-bond acceptors (Lipinski definition) is 4. The lowest BCUT2D eigenvalue weighted by atomic mass is 10.0. The number of anilines is 1. The van der Waals surface area contributed by atoms with Crippen molar-refractivity contribution in [3.63, 3.8) is 0 Å². The van der Waals surface area contributed by atoms with Gasteiger partial charge in [-0.2, -0.15) is 12.7 Å². The molecule has 10 heteroatoms. The average Bonchev–Trinajstić information content (AvgIpc) is 2.90. The van der Waals surface area contributed by atoms with Crippen LogP contribution in [-0.2, 0) is 32.8 Å². The maximum atomic E-state index is 14.4. The number of nitrogens with zero attached hydrogens (tertiary/aromatic N) is 3. The Morgan fingerprint density at radius 2 is 1.55 bits per heavy atom. The van der Waals surface area contributed by atoms with E-state index in [9.17, 15) is 18.0 Å². The summed E-state index contributed by atoms with van der Waals surface area (Å²) in [5.74, 6) is -0.810. The second kappa shape index (κ2) is 13.8. The third kappa shape index (κ3) is 8.89. The third-order valence-electron chi connectivity index (χ3n) is 6.66. The molecule has 226 valence electrons. The standard InChI is InChI=1S/C32H41BrN4O4S/c1-23-16-17-24(2)28(18-23)37(42(40,41)35(6)7)22-30(38)36(21-26-14-11-15-27(33)19-26)29(31(39)34-32(3,4)5)20-25-12-9-8-10-13-25/h8-19,29H,20-22H2,1-7H3,(H,34,39). The topological polar surface area (TPSA) is 90.0 Å². The molecule has 42 heavy (non-hydrogen) atoms. The van der Waals surface area contributed by atoms with Gasteiger partial charge >= 0.3 is 10.2 Å². The Hall–Kier alpha value is -3.21. The molecule has 0 aliphatic carbocycles. The molecule has 0 saturated carbocycles. The highest BCUT2D eigenvalue weighted by molar-refractivity contribution is 9.10. The van der Waals surface area contributed by atoms with Crippen molar-refractivity contribution in [1.82, 2.24) is 14.5 Å². The number of benzene rings is 3. The lowest BCUT2D eigenvalue weighted by molar-refractivity contribution is -0.140. The van der Waals surface area contributed by atoms with E-state index < -0.39 is 34.2 Å². The fraction of sp³-hybridized carbons (Fsp3) is 0.375. The molecule has 0 saturated heterocycles. The van der Waals surface area contributed by atoms with E-state index in [1.54, 1.807) is 6.07 Å². The summed E-state index contributed by atoms with van der Waals surface area (Å²) in [5.41, 5.74) is 3.12. The molecular formula is C32H41BrN4O4S. The number of halogens is 1. The van der Waals surface area contributed by atoms with Gasteiger partial charge in [0.15, 0.2) is 0 Å². The summed E-state index contributed by atoms with van der Waals surface area (Å²) in [4.78, 5) is 29.8. The summed E-state index contributed by atoms with van der Waals surface area (Å²) in [6.45, 7) is 8.97. The van der Waals surface area contributed by atoms with Crippen molar-refractivity contribution in [2.24, 2.45) is 0 Å². The third-order valence-corrected chi connectivity index (χ3v) is 8.96. The fourth-order valence-corrected chi connectivity index (χ4v) is 6.09. The molecule has 3 rings (SSSR count). The van der Waals surface area contributed by atoms with E-state index in [4.69, 9.17) is 0 Å². The fourth-order valence-electron chi connectivity index (χ4n) is 4.53. The first kappa shape index (κ1) is 33.3. The Balaban J connectivity index is 2.15. The predicted molar refractivity (Wildman–Crippen MR) is 172 cm³/mol. The second-order valence-electron chi connectivity index (χ2n) is 11.7. The normalized spacial score (nSPS) is 12.6. The highest BCUT2D eigenvalue weighted by atomic mass is 79.9. The van der Waals surface area contributed by atoms with Gasteiger partial charge in [0.05, 0.1) is 5.69 Å². The molecule has 8 nitrogen and oxygen atoms in total. The molecule has 2 amide bonds. The second-order valence-corrected chi connectivity index (χ2v) is 14.7. The van der Waals surface area contributed by atoms with Gasteiger partial charge in [0, 0.05) is 37.1 Å². The number of carbonyl (C=O) groups excluding carboxylic acids is 2. The molecule has 0 bridgehead atoms. The van der Waals surface area contributed by atoms with Crippen molar-refractivity contribution >= 4 is 43.6 Å². The summed E-state index contributed by atoms with van der Waals surface area (Å²) in [7, 11) is -1.19. The van der Waals surface area contributed by atoms with Crippen LogP contribution in [0.5, 0.6) is 0 Å². The van der Waals surface area contributed by atoms with Crippen LogP contribution in [0.15, 0.2) is 77.3 Å². The highest BCUT2D eigenvalue weighted by Crippen LogP contribution is 2.26. The Morgan fingerprint density at radius 3 is 2.14 bits per heavy atom. The first-order valence-corrected chi connectivity index (χ1v) is 15.9. The van der Waals surface area contributed by atoms with Crippen LogP contribution in [0.3, 0.4) is 0 Å². The first-order valence-electron chi connectivity index (χ1n) is 13.8. The molecule has 0 spiro atoms. The van der Waals surface area contributed by atoms with E-state index >= 15 is 0 Å². The Labute approximate surface area is 259 Å². The zero-order valence-corrected chi connectivity index (χ0v) is 27.8. The van der Waals surface area contributed by atoms with E-state index in [0.717, 1.165) is 29.8 Å². The Kier molecular flexibility index (Phi) is 11.0. The number of hydrogen-bond donors (Lipinski definition) is 1. The molecule has 0 aliphatic heterocycles. The zero-order valence-electron chi connectivity index (χ0n) is 25.4. The number of aryl methyl sites for hydroxylation is 2. The van der Waals surface area contributed by atoms with Crippen LogP contribution in [0.2, 0.25) is 0 Å². The first-order chi connectivity index (χ1) is 19.6. The number of rotatable bonds is 11. The van der Waals surface area contributed by atoms with E-state index in [1.165, 1.54) is 19.0 Å². The minimum Gasteiger partial charge on any atom is -0.350 e. The van der Waals surface area contributed by atoms with Gasteiger partial charge in [-0.3, -0.25) is 9.59 Å². The Bertz CT molecular complexity index is 1500. The van der Waals surface area contributed by atoms with Crippen molar-refractivity contribution in [3.8, 4) is 0 Å². The van der Waals surface area contributed by atoms with Crippen LogP contribution in [0, 0.1) is 13.8 Å². The van der Waals surface area contributed by atoms with Crippen molar-refractivity contribution in [3.05, 3.63) is 99.5 Å². The minimum absolute atomic E-state index is 0.107. The maximum absolute atomic E-state index is 14.4. The van der Waals surface area contributed by atoms with Gasteiger partial charge in [-0.1, -0.05) is 70.5 Å². The largest absolute Gasteiger partial charge is 0.350 e. The minimum atomic E-state index is -4.06. The molecule has 0 heterocycles. The predicted octanol–water partition coefficient (Wildman–Crippen LogP) is 5.23. The van der Waals surface area contributed by atoms with Crippen molar-refractivity contribution in [1.29, 1.82) is 0 Å². The van der Waals surface area contributed by atoms with Gasteiger partial charge in [0.1, 0.15) is 12.6 Å². The van der Waals surface area contributed by atoms with E-state index in [1.807, 2.05) is 101 Å². The summed E-state index contributed by atoms with van der Waals surface area (Å²) in [6.07, 6.45) is 0.256. The molecule has 1 unspecified atom stereocenters. The van der Waals surface area contributed by atoms with Crippen LogP contribution in [-0.4, -0.2) is 61.7 Å². The van der Waals surface area contributed by atoms with E-state index in [2.05, 4.69) is 21.2 Å². The molecule has 0 aliphatic rings. The molecule has 0 radical (unpaired) electrons.